The van der Waals surface area contributed by atoms with Gasteiger partial charge in [-0.05, 0) is 55.9 Å². The van der Waals surface area contributed by atoms with E-state index in [4.69, 9.17) is 9.84 Å². The molecule has 1 aliphatic heterocycles. The van der Waals surface area contributed by atoms with E-state index in [-0.39, 0.29) is 12.5 Å². The number of carbonyl (C=O) groups excluding carboxylic acids is 1. The molecule has 7 nitrogen and oxygen atoms in total. The molecule has 3 rings (SSSR count). The van der Waals surface area contributed by atoms with Crippen molar-refractivity contribution in [1.82, 2.24) is 4.90 Å². The minimum absolute atomic E-state index is 0.00426. The summed E-state index contributed by atoms with van der Waals surface area (Å²) in [5, 5.41) is 32.9. The minimum Gasteiger partial charge on any atom is -0.494 e. The van der Waals surface area contributed by atoms with Crippen LogP contribution in [0.15, 0.2) is 24.3 Å². The van der Waals surface area contributed by atoms with Gasteiger partial charge < -0.3 is 25.2 Å². The fraction of sp³-hybridized carbons (Fsp3) is 0.478. The number of benzene rings is 1. The van der Waals surface area contributed by atoms with Crippen molar-refractivity contribution in [3.05, 3.63) is 45.8 Å². The molecule has 31 heavy (non-hydrogen) atoms. The second-order valence-electron chi connectivity index (χ2n) is 7.49. The second kappa shape index (κ2) is 11.1. The predicted molar refractivity (Wildman–Crippen MR) is 120 cm³/mol. The molecule has 0 radical (unpaired) electrons. The normalized spacial score (nSPS) is 13.9. The smallest absolute Gasteiger partial charge is 0.222 e. The van der Waals surface area contributed by atoms with E-state index >= 15 is 0 Å². The van der Waals surface area contributed by atoms with Crippen LogP contribution in [0.2, 0.25) is 0 Å². The summed E-state index contributed by atoms with van der Waals surface area (Å²) in [4.78, 5) is 15.0. The molecule has 3 N–H and O–H groups in total. The van der Waals surface area contributed by atoms with Crippen molar-refractivity contribution in [3.63, 3.8) is 0 Å². The zero-order chi connectivity index (χ0) is 22.2. The third-order valence-electron chi connectivity index (χ3n) is 5.28. The number of hydrogen-bond acceptors (Lipinski definition) is 7. The number of carbonyl (C=O) groups is 1. The first kappa shape index (κ1) is 23.1. The maximum absolute atomic E-state index is 12.3. The van der Waals surface area contributed by atoms with Gasteiger partial charge in [-0.2, -0.15) is 5.26 Å². The maximum Gasteiger partial charge on any atom is 0.222 e. The van der Waals surface area contributed by atoms with Crippen molar-refractivity contribution in [1.29, 1.82) is 5.26 Å². The van der Waals surface area contributed by atoms with Crippen LogP contribution in [0.3, 0.4) is 0 Å². The van der Waals surface area contributed by atoms with Crippen LogP contribution >= 0.6 is 11.3 Å². The summed E-state index contributed by atoms with van der Waals surface area (Å²) in [5.41, 5.74) is 2.62. The van der Waals surface area contributed by atoms with Gasteiger partial charge in [-0.1, -0.05) is 12.1 Å². The Bertz CT molecular complexity index is 937. The van der Waals surface area contributed by atoms with Crippen molar-refractivity contribution in [2.45, 2.75) is 51.8 Å². The van der Waals surface area contributed by atoms with Crippen molar-refractivity contribution < 1.29 is 19.7 Å². The molecule has 0 bridgehead atoms. The molecule has 0 aliphatic carbocycles. The van der Waals surface area contributed by atoms with Crippen LogP contribution in [0.4, 0.5) is 5.00 Å². The highest BCUT2D eigenvalue weighted by Gasteiger charge is 2.27. The van der Waals surface area contributed by atoms with E-state index < -0.39 is 6.23 Å². The standard InChI is InChI=1S/C23H29N3O4S/c1-2-30-17-6-3-5-16(13-17)8-9-21(28)25-23-19(14-24)18-10-11-26(15-20(18)31-23)22(29)7-4-12-27/h3,5-6,13,21,25,27-28H,2,4,7-12,15H2,1H3/t21-/m0/s1. The van der Waals surface area contributed by atoms with Crippen LogP contribution in [0, 0.1) is 11.3 Å². The van der Waals surface area contributed by atoms with E-state index in [0.717, 1.165) is 21.8 Å². The number of nitriles is 1. The molecule has 0 spiro atoms. The number of anilines is 1. The first-order valence-electron chi connectivity index (χ1n) is 10.6. The van der Waals surface area contributed by atoms with Gasteiger partial charge in [0.05, 0.1) is 18.7 Å². The molecule has 1 aromatic carbocycles. The maximum atomic E-state index is 12.3. The van der Waals surface area contributed by atoms with Crippen molar-refractivity contribution in [3.8, 4) is 11.8 Å². The predicted octanol–water partition coefficient (Wildman–Crippen LogP) is 3.04. The monoisotopic (exact) mass is 443 g/mol. The van der Waals surface area contributed by atoms with E-state index in [9.17, 15) is 15.2 Å². The van der Waals surface area contributed by atoms with E-state index in [0.29, 0.717) is 62.4 Å². The average Bonchev–Trinajstić information content (AvgIpc) is 3.12. The number of aryl methyl sites for hydroxylation is 1. The number of ether oxygens (including phenoxy) is 1. The Labute approximate surface area is 186 Å². The SMILES string of the molecule is CCOc1cccc(CC[C@H](O)Nc2sc3c(c2C#N)CCN(C(=O)CCCO)C3)c1. The summed E-state index contributed by atoms with van der Waals surface area (Å²) in [7, 11) is 0. The molecule has 0 saturated heterocycles. The van der Waals surface area contributed by atoms with Gasteiger partial charge in [0.2, 0.25) is 5.91 Å². The van der Waals surface area contributed by atoms with Gasteiger partial charge in [0.1, 0.15) is 23.0 Å². The zero-order valence-corrected chi connectivity index (χ0v) is 18.6. The molecule has 2 aromatic rings. The molecule has 2 heterocycles. The molecule has 0 saturated carbocycles. The first-order valence-corrected chi connectivity index (χ1v) is 11.5. The number of nitrogens with one attached hydrogen (secondary N) is 1. The minimum atomic E-state index is -0.787. The van der Waals surface area contributed by atoms with Crippen LogP contribution in [-0.2, 0) is 24.2 Å². The van der Waals surface area contributed by atoms with Gasteiger partial charge in [-0.15, -0.1) is 11.3 Å². The highest BCUT2D eigenvalue weighted by Crippen LogP contribution is 2.37. The largest absolute Gasteiger partial charge is 0.494 e. The number of rotatable bonds is 10. The highest BCUT2D eigenvalue weighted by molar-refractivity contribution is 7.16. The number of aliphatic hydroxyl groups excluding tert-OH is 2. The topological polar surface area (TPSA) is 106 Å². The first-order chi connectivity index (χ1) is 15.0. The van der Waals surface area contributed by atoms with E-state index in [1.165, 1.54) is 11.3 Å². The molecular formula is C23H29N3O4S. The van der Waals surface area contributed by atoms with Crippen molar-refractivity contribution >= 4 is 22.2 Å². The summed E-state index contributed by atoms with van der Waals surface area (Å²) in [6, 6.07) is 10.1. The fourth-order valence-corrected chi connectivity index (χ4v) is 4.97. The highest BCUT2D eigenvalue weighted by atomic mass is 32.1. The van der Waals surface area contributed by atoms with Gasteiger partial charge in [0.15, 0.2) is 0 Å². The number of aliphatic hydroxyl groups is 2. The average molecular weight is 444 g/mol. The van der Waals surface area contributed by atoms with Crippen LogP contribution < -0.4 is 10.1 Å². The van der Waals surface area contributed by atoms with Crippen molar-refractivity contribution in [2.24, 2.45) is 0 Å². The fourth-order valence-electron chi connectivity index (χ4n) is 3.71. The van der Waals surface area contributed by atoms with Gasteiger partial charge in [0.25, 0.3) is 0 Å². The Kier molecular flexibility index (Phi) is 8.29. The summed E-state index contributed by atoms with van der Waals surface area (Å²) < 4.78 is 5.52. The number of thiophene rings is 1. The van der Waals surface area contributed by atoms with E-state index in [2.05, 4.69) is 11.4 Å². The van der Waals surface area contributed by atoms with Gasteiger partial charge >= 0.3 is 0 Å². The molecule has 0 fully saturated rings. The lowest BCUT2D eigenvalue weighted by atomic mass is 10.0. The van der Waals surface area contributed by atoms with Crippen LogP contribution in [0.25, 0.3) is 0 Å². The Morgan fingerprint density at radius 2 is 2.29 bits per heavy atom. The van der Waals surface area contributed by atoms with Crippen LogP contribution in [-0.4, -0.2) is 47.0 Å². The summed E-state index contributed by atoms with van der Waals surface area (Å²) in [6.07, 6.45) is 1.80. The van der Waals surface area contributed by atoms with E-state index in [1.807, 2.05) is 31.2 Å². The number of hydrogen-bond donors (Lipinski definition) is 3. The second-order valence-corrected chi connectivity index (χ2v) is 8.60. The lowest BCUT2D eigenvalue weighted by Gasteiger charge is -2.27. The molecule has 1 amide bonds. The Balaban J connectivity index is 1.62. The molecule has 1 aromatic heterocycles. The number of fused-ring (bicyclic) bond motifs is 1. The Morgan fingerprint density at radius 1 is 1.45 bits per heavy atom. The Morgan fingerprint density at radius 3 is 3.03 bits per heavy atom. The Hall–Kier alpha value is -2.60. The van der Waals surface area contributed by atoms with E-state index in [1.54, 1.807) is 4.90 Å². The summed E-state index contributed by atoms with van der Waals surface area (Å²) in [6.45, 7) is 3.60. The number of amides is 1. The van der Waals surface area contributed by atoms with Crippen LogP contribution in [0.1, 0.15) is 47.8 Å². The summed E-state index contributed by atoms with van der Waals surface area (Å²) in [5.74, 6) is 0.841. The van der Waals surface area contributed by atoms with Crippen LogP contribution in [0.5, 0.6) is 5.75 Å². The molecule has 8 heteroatoms. The third kappa shape index (κ3) is 5.97. The quantitative estimate of drug-likeness (QED) is 0.488. The lowest BCUT2D eigenvalue weighted by molar-refractivity contribution is -0.132. The molecule has 1 atom stereocenters. The van der Waals surface area contributed by atoms with Gasteiger partial charge in [0, 0.05) is 24.4 Å². The molecule has 1 aliphatic rings. The molecule has 166 valence electrons. The third-order valence-corrected chi connectivity index (χ3v) is 6.43. The summed E-state index contributed by atoms with van der Waals surface area (Å²) >= 11 is 1.43. The van der Waals surface area contributed by atoms with Gasteiger partial charge in [-0.3, -0.25) is 4.79 Å². The molecule has 0 unspecified atom stereocenters. The molecular weight excluding hydrogens is 414 g/mol. The zero-order valence-electron chi connectivity index (χ0n) is 17.8. The van der Waals surface area contributed by atoms with Crippen molar-refractivity contribution in [2.75, 3.05) is 25.1 Å². The number of nitrogens with zero attached hydrogens (tertiary/aromatic N) is 2. The lowest BCUT2D eigenvalue weighted by Crippen LogP contribution is -2.35. The van der Waals surface area contributed by atoms with Gasteiger partial charge in [-0.25, -0.2) is 0 Å².